The smallest absolute Gasteiger partial charge is 0.200 e. The summed E-state index contributed by atoms with van der Waals surface area (Å²) in [6, 6.07) is 12.5. The lowest BCUT2D eigenvalue weighted by atomic mass is 10.1. The number of furan rings is 1. The molecule has 0 saturated carbocycles. The van der Waals surface area contributed by atoms with Crippen LogP contribution in [0.1, 0.15) is 31.1 Å². The predicted molar refractivity (Wildman–Crippen MR) is 110 cm³/mol. The second-order valence-electron chi connectivity index (χ2n) is 6.55. The number of thioether (sulfide) groups is 1. The van der Waals surface area contributed by atoms with Crippen LogP contribution in [0.15, 0.2) is 57.6 Å². The average molecular weight is 397 g/mol. The summed E-state index contributed by atoms with van der Waals surface area (Å²) in [5.41, 5.74) is 3.47. The van der Waals surface area contributed by atoms with Crippen molar-refractivity contribution in [1.29, 1.82) is 0 Å². The molecule has 0 unspecified atom stereocenters. The number of rotatable bonds is 6. The molecule has 0 bridgehead atoms. The number of aromatic nitrogens is 4. The molecule has 0 saturated heterocycles. The van der Waals surface area contributed by atoms with Gasteiger partial charge in [0.1, 0.15) is 5.01 Å². The van der Waals surface area contributed by atoms with E-state index in [4.69, 9.17) is 9.40 Å². The van der Waals surface area contributed by atoms with E-state index < -0.39 is 0 Å². The van der Waals surface area contributed by atoms with Gasteiger partial charge in [0.05, 0.1) is 12.0 Å². The van der Waals surface area contributed by atoms with Crippen LogP contribution in [0.2, 0.25) is 0 Å². The van der Waals surface area contributed by atoms with Crippen molar-refractivity contribution in [1.82, 2.24) is 19.7 Å². The van der Waals surface area contributed by atoms with Crippen LogP contribution in [0, 0.1) is 6.92 Å². The van der Waals surface area contributed by atoms with Crippen molar-refractivity contribution in [2.75, 3.05) is 0 Å². The van der Waals surface area contributed by atoms with Gasteiger partial charge in [0.15, 0.2) is 10.9 Å². The Hall–Kier alpha value is -2.38. The summed E-state index contributed by atoms with van der Waals surface area (Å²) in [6.07, 6.45) is 1.66. The fourth-order valence-electron chi connectivity index (χ4n) is 2.84. The first-order valence-corrected chi connectivity index (χ1v) is 10.6. The van der Waals surface area contributed by atoms with Gasteiger partial charge in [0.25, 0.3) is 0 Å². The molecular formula is C20H20N4OS2. The molecule has 138 valence electrons. The number of hydrogen-bond donors (Lipinski definition) is 0. The number of thiazole rings is 1. The molecular weight excluding hydrogens is 376 g/mol. The standard InChI is InChI=1S/C20H20N4OS2/c1-13(2)24-18(17-8-5-9-25-17)22-23-20(24)27-12-16-11-26-19(21-16)15-7-4-6-14(3)10-15/h4-11,13H,12H2,1-3H3. The third kappa shape index (κ3) is 3.84. The van der Waals surface area contributed by atoms with E-state index in [9.17, 15) is 0 Å². The summed E-state index contributed by atoms with van der Waals surface area (Å²) < 4.78 is 7.61. The summed E-state index contributed by atoms with van der Waals surface area (Å²) in [5, 5.41) is 12.8. The predicted octanol–water partition coefficient (Wildman–Crippen LogP) is 5.84. The molecule has 0 aliphatic heterocycles. The maximum Gasteiger partial charge on any atom is 0.200 e. The first-order chi connectivity index (χ1) is 13.1. The second kappa shape index (κ2) is 7.70. The number of aryl methyl sites for hydroxylation is 1. The highest BCUT2D eigenvalue weighted by Crippen LogP contribution is 2.31. The molecule has 4 aromatic rings. The topological polar surface area (TPSA) is 56.7 Å². The molecule has 0 radical (unpaired) electrons. The Morgan fingerprint density at radius 2 is 2.07 bits per heavy atom. The minimum absolute atomic E-state index is 0.237. The van der Waals surface area contributed by atoms with Crippen molar-refractivity contribution < 1.29 is 4.42 Å². The molecule has 0 atom stereocenters. The van der Waals surface area contributed by atoms with Gasteiger partial charge in [-0.2, -0.15) is 0 Å². The first kappa shape index (κ1) is 18.0. The Kier molecular flexibility index (Phi) is 5.13. The number of benzene rings is 1. The Morgan fingerprint density at radius 3 is 2.81 bits per heavy atom. The molecule has 27 heavy (non-hydrogen) atoms. The fourth-order valence-corrected chi connectivity index (χ4v) is 4.72. The van der Waals surface area contributed by atoms with E-state index in [2.05, 4.69) is 65.2 Å². The highest BCUT2D eigenvalue weighted by Gasteiger charge is 2.19. The van der Waals surface area contributed by atoms with Gasteiger partial charge in [-0.15, -0.1) is 21.5 Å². The number of nitrogens with zero attached hydrogens (tertiary/aromatic N) is 4. The quantitative estimate of drug-likeness (QED) is 0.383. The largest absolute Gasteiger partial charge is 0.461 e. The van der Waals surface area contributed by atoms with E-state index in [1.807, 2.05) is 12.1 Å². The third-order valence-corrected chi connectivity index (χ3v) is 6.01. The zero-order valence-corrected chi connectivity index (χ0v) is 17.0. The van der Waals surface area contributed by atoms with E-state index in [1.54, 1.807) is 29.4 Å². The minimum atomic E-state index is 0.237. The monoisotopic (exact) mass is 396 g/mol. The maximum atomic E-state index is 5.51. The highest BCUT2D eigenvalue weighted by molar-refractivity contribution is 7.98. The van der Waals surface area contributed by atoms with Gasteiger partial charge in [0, 0.05) is 22.7 Å². The van der Waals surface area contributed by atoms with E-state index in [0.29, 0.717) is 0 Å². The molecule has 4 rings (SSSR count). The molecule has 0 spiro atoms. The Morgan fingerprint density at radius 1 is 1.19 bits per heavy atom. The van der Waals surface area contributed by atoms with Crippen molar-refractivity contribution in [3.8, 4) is 22.2 Å². The van der Waals surface area contributed by atoms with Crippen LogP contribution in [0.25, 0.3) is 22.2 Å². The average Bonchev–Trinajstić information content (AvgIpc) is 3.39. The molecule has 3 heterocycles. The summed E-state index contributed by atoms with van der Waals surface area (Å²) in [6.45, 7) is 6.35. The van der Waals surface area contributed by atoms with Gasteiger partial charge in [-0.1, -0.05) is 35.5 Å². The van der Waals surface area contributed by atoms with Crippen LogP contribution in [0.5, 0.6) is 0 Å². The Bertz CT molecular complexity index is 1030. The van der Waals surface area contributed by atoms with E-state index in [1.165, 1.54) is 11.1 Å². The van der Waals surface area contributed by atoms with Crippen LogP contribution in [-0.4, -0.2) is 19.7 Å². The SMILES string of the molecule is Cc1cccc(-c2nc(CSc3nnc(-c4ccco4)n3C(C)C)cs2)c1. The minimum Gasteiger partial charge on any atom is -0.461 e. The van der Waals surface area contributed by atoms with Crippen molar-refractivity contribution >= 4 is 23.1 Å². The first-order valence-electron chi connectivity index (χ1n) is 8.75. The van der Waals surface area contributed by atoms with Crippen molar-refractivity contribution in [3.63, 3.8) is 0 Å². The van der Waals surface area contributed by atoms with Gasteiger partial charge in [0.2, 0.25) is 5.82 Å². The summed E-state index contributed by atoms with van der Waals surface area (Å²) in [7, 11) is 0. The van der Waals surface area contributed by atoms with E-state index in [0.717, 1.165) is 33.2 Å². The highest BCUT2D eigenvalue weighted by atomic mass is 32.2. The van der Waals surface area contributed by atoms with Crippen molar-refractivity contribution in [2.45, 2.75) is 37.7 Å². The summed E-state index contributed by atoms with van der Waals surface area (Å²) in [5.74, 6) is 2.25. The number of hydrogen-bond acceptors (Lipinski definition) is 6. The van der Waals surface area contributed by atoms with Crippen LogP contribution in [0.3, 0.4) is 0 Å². The molecule has 7 heteroatoms. The van der Waals surface area contributed by atoms with Crippen molar-refractivity contribution in [2.24, 2.45) is 0 Å². The van der Waals surface area contributed by atoms with Gasteiger partial charge in [-0.05, 0) is 39.0 Å². The Balaban J connectivity index is 1.53. The zero-order valence-electron chi connectivity index (χ0n) is 15.4. The fraction of sp³-hybridized carbons (Fsp3) is 0.250. The van der Waals surface area contributed by atoms with Crippen LogP contribution < -0.4 is 0 Å². The summed E-state index contributed by atoms with van der Waals surface area (Å²) >= 11 is 3.33. The van der Waals surface area contributed by atoms with Gasteiger partial charge >= 0.3 is 0 Å². The van der Waals surface area contributed by atoms with E-state index >= 15 is 0 Å². The third-order valence-electron chi connectivity index (χ3n) is 4.09. The zero-order chi connectivity index (χ0) is 18.8. The lowest BCUT2D eigenvalue weighted by molar-refractivity contribution is 0.529. The molecule has 1 aromatic carbocycles. The van der Waals surface area contributed by atoms with Gasteiger partial charge in [-0.3, -0.25) is 4.57 Å². The lowest BCUT2D eigenvalue weighted by Gasteiger charge is -2.12. The van der Waals surface area contributed by atoms with E-state index in [-0.39, 0.29) is 6.04 Å². The Labute approximate surface area is 166 Å². The molecule has 3 aromatic heterocycles. The second-order valence-corrected chi connectivity index (χ2v) is 8.35. The summed E-state index contributed by atoms with van der Waals surface area (Å²) in [4.78, 5) is 4.79. The van der Waals surface area contributed by atoms with Crippen molar-refractivity contribution in [3.05, 3.63) is 59.3 Å². The molecule has 0 amide bonds. The molecule has 0 fully saturated rings. The van der Waals surface area contributed by atoms with Crippen LogP contribution >= 0.6 is 23.1 Å². The van der Waals surface area contributed by atoms with Gasteiger partial charge < -0.3 is 4.42 Å². The van der Waals surface area contributed by atoms with Gasteiger partial charge in [-0.25, -0.2) is 4.98 Å². The lowest BCUT2D eigenvalue weighted by Crippen LogP contribution is -2.04. The molecule has 0 aliphatic carbocycles. The molecule has 0 N–H and O–H groups in total. The normalized spacial score (nSPS) is 11.4. The molecule has 5 nitrogen and oxygen atoms in total. The maximum absolute atomic E-state index is 5.51. The van der Waals surface area contributed by atoms with Crippen LogP contribution in [-0.2, 0) is 5.75 Å². The van der Waals surface area contributed by atoms with Crippen LogP contribution in [0.4, 0.5) is 0 Å². The molecule has 0 aliphatic rings.